The van der Waals surface area contributed by atoms with E-state index in [-0.39, 0.29) is 37.0 Å². The molecule has 1 aliphatic carbocycles. The minimum atomic E-state index is -0.563. The van der Waals surface area contributed by atoms with Gasteiger partial charge in [-0.1, -0.05) is 25.7 Å². The van der Waals surface area contributed by atoms with Gasteiger partial charge in [0.05, 0.1) is 24.7 Å². The summed E-state index contributed by atoms with van der Waals surface area (Å²) in [5.74, 6) is -0.877. The summed E-state index contributed by atoms with van der Waals surface area (Å²) >= 11 is 0. The molecule has 29 heavy (non-hydrogen) atoms. The Morgan fingerprint density at radius 2 is 2.07 bits per heavy atom. The summed E-state index contributed by atoms with van der Waals surface area (Å²) in [5, 5.41) is 14.2. The molecule has 1 aromatic heterocycles. The summed E-state index contributed by atoms with van der Waals surface area (Å²) in [7, 11) is 0. The maximum Gasteiger partial charge on any atom is 0.301 e. The predicted molar refractivity (Wildman–Crippen MR) is 104 cm³/mol. The maximum atomic E-state index is 12.9. The van der Waals surface area contributed by atoms with Crippen molar-refractivity contribution >= 4 is 24.2 Å². The maximum absolute atomic E-state index is 12.9. The second kappa shape index (κ2) is 10.9. The number of aryl methyl sites for hydroxylation is 1. The third kappa shape index (κ3) is 7.47. The van der Waals surface area contributed by atoms with E-state index >= 15 is 0 Å². The molecule has 0 saturated heterocycles. The number of nitrogens with zero attached hydrogens (tertiary/aromatic N) is 3. The van der Waals surface area contributed by atoms with E-state index < -0.39 is 5.92 Å². The Morgan fingerprint density at radius 3 is 2.62 bits per heavy atom. The van der Waals surface area contributed by atoms with E-state index in [1.165, 1.54) is 11.3 Å². The molecule has 0 bridgehead atoms. The number of rotatable bonds is 11. The van der Waals surface area contributed by atoms with E-state index in [1.807, 2.05) is 13.8 Å². The third-order valence-corrected chi connectivity index (χ3v) is 5.05. The van der Waals surface area contributed by atoms with Crippen molar-refractivity contribution in [2.75, 3.05) is 18.4 Å². The molecule has 162 valence electrons. The van der Waals surface area contributed by atoms with Crippen LogP contribution >= 0.6 is 0 Å². The van der Waals surface area contributed by atoms with Gasteiger partial charge in [0.15, 0.2) is 0 Å². The number of hydrazine groups is 1. The monoisotopic (exact) mass is 409 g/mol. The molecule has 3 N–H and O–H groups in total. The number of aromatic nitrogens is 1. The van der Waals surface area contributed by atoms with Crippen molar-refractivity contribution < 1.29 is 24.0 Å². The number of oxazole rings is 1. The summed E-state index contributed by atoms with van der Waals surface area (Å²) in [6.45, 7) is 5.25. The summed E-state index contributed by atoms with van der Waals surface area (Å²) < 4.78 is 5.11. The Kier molecular flexibility index (Phi) is 8.59. The van der Waals surface area contributed by atoms with Crippen LogP contribution in [0.25, 0.3) is 0 Å². The van der Waals surface area contributed by atoms with Gasteiger partial charge in [0.25, 0.3) is 0 Å². The lowest BCUT2D eigenvalue weighted by Crippen LogP contribution is -2.52. The van der Waals surface area contributed by atoms with E-state index in [0.29, 0.717) is 29.5 Å². The molecule has 1 aromatic rings. The molecular formula is C19H31N5O5. The van der Waals surface area contributed by atoms with Crippen LogP contribution in [0.1, 0.15) is 51.6 Å². The number of hydroxylamine groups is 2. The van der Waals surface area contributed by atoms with Crippen molar-refractivity contribution in [2.24, 2.45) is 11.8 Å². The minimum Gasteiger partial charge on any atom is -0.432 e. The van der Waals surface area contributed by atoms with Gasteiger partial charge in [-0.3, -0.25) is 30.3 Å². The molecule has 0 aromatic carbocycles. The minimum absolute atomic E-state index is 0.0838. The van der Waals surface area contributed by atoms with Crippen LogP contribution in [0.4, 0.5) is 6.01 Å². The Morgan fingerprint density at radius 1 is 1.38 bits per heavy atom. The molecule has 2 rings (SSSR count). The first-order valence-electron chi connectivity index (χ1n) is 9.98. The molecule has 1 fully saturated rings. The Labute approximate surface area is 170 Å². The van der Waals surface area contributed by atoms with Crippen LogP contribution < -0.4 is 10.7 Å². The average Bonchev–Trinajstić information content (AvgIpc) is 3.31. The van der Waals surface area contributed by atoms with E-state index in [0.717, 1.165) is 25.7 Å². The van der Waals surface area contributed by atoms with Gasteiger partial charge in [0.2, 0.25) is 18.2 Å². The molecule has 10 nitrogen and oxygen atoms in total. The highest BCUT2D eigenvalue weighted by atomic mass is 16.5. The van der Waals surface area contributed by atoms with Crippen molar-refractivity contribution in [3.8, 4) is 0 Å². The van der Waals surface area contributed by atoms with Crippen LogP contribution in [0.15, 0.2) is 10.7 Å². The number of amides is 3. The van der Waals surface area contributed by atoms with Gasteiger partial charge in [0, 0.05) is 6.04 Å². The second-order valence-corrected chi connectivity index (χ2v) is 7.85. The Hall–Kier alpha value is -2.46. The van der Waals surface area contributed by atoms with Gasteiger partial charge in [-0.25, -0.2) is 10.1 Å². The zero-order chi connectivity index (χ0) is 21.4. The van der Waals surface area contributed by atoms with E-state index in [1.54, 1.807) is 6.92 Å². The SMILES string of the molecule is Cc1coc(NC(=O)CN(NC(=O)[C@H](CC2CCCC2)CN(O)C=O)C(C)C)n1. The smallest absolute Gasteiger partial charge is 0.301 e. The number of carbonyl (C=O) groups is 3. The molecule has 0 radical (unpaired) electrons. The molecular weight excluding hydrogens is 378 g/mol. The van der Waals surface area contributed by atoms with Gasteiger partial charge < -0.3 is 4.42 Å². The van der Waals surface area contributed by atoms with Crippen LogP contribution in [0.2, 0.25) is 0 Å². The molecule has 1 saturated carbocycles. The van der Waals surface area contributed by atoms with Crippen LogP contribution in [-0.2, 0) is 14.4 Å². The fraction of sp³-hybridized carbons (Fsp3) is 0.684. The zero-order valence-electron chi connectivity index (χ0n) is 17.3. The number of nitrogens with one attached hydrogen (secondary N) is 2. The van der Waals surface area contributed by atoms with E-state index in [9.17, 15) is 19.6 Å². The number of anilines is 1. The highest BCUT2D eigenvalue weighted by molar-refractivity contribution is 5.90. The average molecular weight is 409 g/mol. The standard InChI is InChI=1S/C19H31N5O5/c1-13(2)24(10-17(26)21-19-20-14(3)11-29-19)22-18(27)16(9-23(28)12-25)8-15-6-4-5-7-15/h11-13,15-16,28H,4-10H2,1-3H3,(H,22,27)(H,20,21,26)/t16-/m1/s1. The van der Waals surface area contributed by atoms with Gasteiger partial charge in [0.1, 0.15) is 6.26 Å². The quantitative estimate of drug-likeness (QED) is 0.288. The van der Waals surface area contributed by atoms with Gasteiger partial charge >= 0.3 is 6.01 Å². The lowest BCUT2D eigenvalue weighted by molar-refractivity contribution is -0.156. The van der Waals surface area contributed by atoms with Crippen LogP contribution in [0, 0.1) is 18.8 Å². The van der Waals surface area contributed by atoms with E-state index in [4.69, 9.17) is 4.42 Å². The molecule has 1 aliphatic rings. The van der Waals surface area contributed by atoms with E-state index in [2.05, 4.69) is 15.7 Å². The lowest BCUT2D eigenvalue weighted by atomic mass is 9.92. The fourth-order valence-electron chi connectivity index (χ4n) is 3.49. The van der Waals surface area contributed by atoms with Crippen LogP contribution in [-0.4, -0.2) is 57.6 Å². The molecule has 1 heterocycles. The zero-order valence-corrected chi connectivity index (χ0v) is 17.3. The number of hydrogen-bond acceptors (Lipinski definition) is 7. The second-order valence-electron chi connectivity index (χ2n) is 7.85. The highest BCUT2D eigenvalue weighted by Crippen LogP contribution is 2.30. The van der Waals surface area contributed by atoms with Crippen molar-refractivity contribution in [1.29, 1.82) is 0 Å². The lowest BCUT2D eigenvalue weighted by Gasteiger charge is -2.29. The summed E-state index contributed by atoms with van der Waals surface area (Å²) in [4.78, 5) is 40.0. The van der Waals surface area contributed by atoms with Crippen molar-refractivity contribution in [1.82, 2.24) is 20.5 Å². The van der Waals surface area contributed by atoms with Crippen molar-refractivity contribution in [3.05, 3.63) is 12.0 Å². The first-order chi connectivity index (χ1) is 13.8. The molecule has 0 unspecified atom stereocenters. The normalized spacial score (nSPS) is 15.5. The molecule has 0 aliphatic heterocycles. The van der Waals surface area contributed by atoms with Crippen LogP contribution in [0.5, 0.6) is 0 Å². The van der Waals surface area contributed by atoms with Crippen molar-refractivity contribution in [2.45, 2.75) is 58.9 Å². The largest absolute Gasteiger partial charge is 0.432 e. The highest BCUT2D eigenvalue weighted by Gasteiger charge is 2.29. The molecule has 10 heteroatoms. The summed E-state index contributed by atoms with van der Waals surface area (Å²) in [6.07, 6.45) is 6.66. The predicted octanol–water partition coefficient (Wildman–Crippen LogP) is 1.71. The van der Waals surface area contributed by atoms with Gasteiger partial charge in [-0.05, 0) is 33.1 Å². The van der Waals surface area contributed by atoms with Gasteiger partial charge in [-0.15, -0.1) is 0 Å². The van der Waals surface area contributed by atoms with Gasteiger partial charge in [-0.2, -0.15) is 4.98 Å². The summed E-state index contributed by atoms with van der Waals surface area (Å²) in [5.41, 5.74) is 3.42. The first kappa shape index (κ1) is 22.8. The molecule has 1 atom stereocenters. The van der Waals surface area contributed by atoms with Crippen molar-refractivity contribution in [3.63, 3.8) is 0 Å². The first-order valence-corrected chi connectivity index (χ1v) is 9.98. The Balaban J connectivity index is 1.97. The fourth-order valence-corrected chi connectivity index (χ4v) is 3.49. The molecule has 0 spiro atoms. The topological polar surface area (TPSA) is 128 Å². The third-order valence-electron chi connectivity index (χ3n) is 5.05. The number of hydrogen-bond donors (Lipinski definition) is 3. The number of carbonyl (C=O) groups excluding carboxylic acids is 3. The van der Waals surface area contributed by atoms with Crippen LogP contribution in [0.3, 0.4) is 0 Å². The summed E-state index contributed by atoms with van der Waals surface area (Å²) in [6, 6.07) is -0.0528. The molecule has 3 amide bonds. The Bertz CT molecular complexity index is 686.